The number of hydrogen-bond donors (Lipinski definition) is 0. The van der Waals surface area contributed by atoms with E-state index in [1.165, 1.54) is 77.2 Å². The van der Waals surface area contributed by atoms with Crippen LogP contribution in [0.15, 0.2) is 67.0 Å². The lowest BCUT2D eigenvalue weighted by Gasteiger charge is -2.22. The Labute approximate surface area is 241 Å². The molecule has 0 unspecified atom stereocenters. The van der Waals surface area contributed by atoms with Gasteiger partial charge >= 0.3 is 0 Å². The van der Waals surface area contributed by atoms with Gasteiger partial charge in [-0.1, -0.05) is 102 Å². The van der Waals surface area contributed by atoms with E-state index in [-0.39, 0.29) is 17.5 Å². The third-order valence-electron chi connectivity index (χ3n) is 7.35. The van der Waals surface area contributed by atoms with Gasteiger partial charge in [0.2, 0.25) is 5.91 Å². The molecule has 40 heavy (non-hydrogen) atoms. The maximum atomic E-state index is 14.8. The number of nitrogens with zero attached hydrogens (tertiary/aromatic N) is 2. The highest BCUT2D eigenvalue weighted by Gasteiger charge is 2.14. The molecular weight excluding hydrogens is 499 g/mol. The zero-order chi connectivity index (χ0) is 28.4. The van der Waals surface area contributed by atoms with E-state index in [1.54, 1.807) is 17.2 Å². The van der Waals surface area contributed by atoms with E-state index in [2.05, 4.69) is 11.9 Å². The Morgan fingerprint density at radius 3 is 2.00 bits per heavy atom. The largest absolute Gasteiger partial charge is 0.491 e. The SMILES string of the molecule is CCCCCCCCCCCCCCOc1ccc(CN(C(C)=O)c2ccc(Cc3cccnc3)cc2)cc1F. The molecule has 0 fully saturated rings. The molecule has 216 valence electrons. The summed E-state index contributed by atoms with van der Waals surface area (Å²) in [5.74, 6) is -0.194. The number of carbonyl (C=O) groups is 1. The number of amides is 1. The first-order chi connectivity index (χ1) is 19.6. The molecule has 3 aromatic rings. The number of halogens is 1. The smallest absolute Gasteiger partial charge is 0.224 e. The third-order valence-corrected chi connectivity index (χ3v) is 7.35. The Kier molecular flexibility index (Phi) is 14.2. The number of benzene rings is 2. The van der Waals surface area contributed by atoms with Crippen molar-refractivity contribution in [2.75, 3.05) is 11.5 Å². The van der Waals surface area contributed by atoms with Crippen LogP contribution in [0.2, 0.25) is 0 Å². The summed E-state index contributed by atoms with van der Waals surface area (Å²) in [5, 5.41) is 0. The van der Waals surface area contributed by atoms with Gasteiger partial charge in [-0.2, -0.15) is 0 Å². The molecule has 1 amide bonds. The lowest BCUT2D eigenvalue weighted by molar-refractivity contribution is -0.116. The average molecular weight is 547 g/mol. The molecule has 0 aliphatic carbocycles. The van der Waals surface area contributed by atoms with Crippen LogP contribution in [0.25, 0.3) is 0 Å². The van der Waals surface area contributed by atoms with Crippen LogP contribution in [-0.4, -0.2) is 17.5 Å². The molecule has 1 aromatic heterocycles. The first kappa shape index (κ1) is 31.3. The van der Waals surface area contributed by atoms with Crippen molar-refractivity contribution in [3.8, 4) is 5.75 Å². The van der Waals surface area contributed by atoms with E-state index >= 15 is 0 Å². The second-order valence-electron chi connectivity index (χ2n) is 10.8. The second-order valence-corrected chi connectivity index (χ2v) is 10.8. The van der Waals surface area contributed by atoms with Gasteiger partial charge in [-0.05, 0) is 59.9 Å². The van der Waals surface area contributed by atoms with E-state index < -0.39 is 0 Å². The van der Waals surface area contributed by atoms with Gasteiger partial charge in [0, 0.05) is 25.0 Å². The highest BCUT2D eigenvalue weighted by molar-refractivity contribution is 5.91. The van der Waals surface area contributed by atoms with Gasteiger partial charge in [0.25, 0.3) is 0 Å². The normalized spacial score (nSPS) is 11.0. The topological polar surface area (TPSA) is 42.4 Å². The van der Waals surface area contributed by atoms with Crippen LogP contribution in [-0.2, 0) is 17.8 Å². The molecule has 0 radical (unpaired) electrons. The Balaban J connectivity index is 1.37. The minimum Gasteiger partial charge on any atom is -0.491 e. The predicted molar refractivity (Wildman–Crippen MR) is 163 cm³/mol. The van der Waals surface area contributed by atoms with E-state index in [0.29, 0.717) is 13.2 Å². The molecule has 0 saturated heterocycles. The Morgan fingerprint density at radius 1 is 0.800 bits per heavy atom. The predicted octanol–water partition coefficient (Wildman–Crippen LogP) is 9.44. The maximum absolute atomic E-state index is 14.8. The molecule has 0 spiro atoms. The third kappa shape index (κ3) is 11.5. The van der Waals surface area contributed by atoms with Crippen LogP contribution in [0.5, 0.6) is 5.75 Å². The number of pyridine rings is 1. The van der Waals surface area contributed by atoms with Crippen molar-refractivity contribution in [1.82, 2.24) is 4.98 Å². The van der Waals surface area contributed by atoms with Gasteiger partial charge in [-0.25, -0.2) is 4.39 Å². The van der Waals surface area contributed by atoms with Crippen molar-refractivity contribution in [3.63, 3.8) is 0 Å². The molecule has 0 bridgehead atoms. The monoisotopic (exact) mass is 546 g/mol. The van der Waals surface area contributed by atoms with E-state index in [1.807, 2.05) is 48.7 Å². The minimum atomic E-state index is -0.383. The number of aromatic nitrogens is 1. The molecule has 4 nitrogen and oxygen atoms in total. The highest BCUT2D eigenvalue weighted by Crippen LogP contribution is 2.24. The molecule has 0 N–H and O–H groups in total. The van der Waals surface area contributed by atoms with Crippen LogP contribution in [0.4, 0.5) is 10.1 Å². The summed E-state index contributed by atoms with van der Waals surface area (Å²) in [4.78, 5) is 18.3. The van der Waals surface area contributed by atoms with Crippen molar-refractivity contribution in [2.45, 2.75) is 104 Å². The van der Waals surface area contributed by atoms with E-state index in [4.69, 9.17) is 4.74 Å². The summed E-state index contributed by atoms with van der Waals surface area (Å²) in [6.45, 7) is 4.62. The highest BCUT2D eigenvalue weighted by atomic mass is 19.1. The van der Waals surface area contributed by atoms with Gasteiger partial charge in [0.1, 0.15) is 0 Å². The van der Waals surface area contributed by atoms with Crippen molar-refractivity contribution < 1.29 is 13.9 Å². The van der Waals surface area contributed by atoms with Crippen LogP contribution in [0.1, 0.15) is 108 Å². The van der Waals surface area contributed by atoms with E-state index in [9.17, 15) is 9.18 Å². The van der Waals surface area contributed by atoms with E-state index in [0.717, 1.165) is 41.6 Å². The fraction of sp³-hybridized carbons (Fsp3) is 0.486. The van der Waals surface area contributed by atoms with Crippen LogP contribution >= 0.6 is 0 Å². The number of unbranched alkanes of at least 4 members (excludes halogenated alkanes) is 11. The van der Waals surface area contributed by atoms with Crippen molar-refractivity contribution in [3.05, 3.63) is 89.5 Å². The quantitative estimate of drug-likeness (QED) is 0.141. The molecule has 5 heteroatoms. The van der Waals surface area contributed by atoms with Gasteiger partial charge in [-0.15, -0.1) is 0 Å². The Hall–Kier alpha value is -3.21. The van der Waals surface area contributed by atoms with Crippen molar-refractivity contribution in [2.24, 2.45) is 0 Å². The Bertz CT molecular complexity index is 1120. The van der Waals surface area contributed by atoms with Crippen molar-refractivity contribution in [1.29, 1.82) is 0 Å². The van der Waals surface area contributed by atoms with Gasteiger partial charge < -0.3 is 9.64 Å². The lowest BCUT2D eigenvalue weighted by atomic mass is 10.1. The number of anilines is 1. The summed E-state index contributed by atoms with van der Waals surface area (Å²) >= 11 is 0. The first-order valence-electron chi connectivity index (χ1n) is 15.2. The maximum Gasteiger partial charge on any atom is 0.224 e. The van der Waals surface area contributed by atoms with Crippen LogP contribution in [0.3, 0.4) is 0 Å². The molecule has 3 rings (SSSR count). The summed E-state index contributed by atoms with van der Waals surface area (Å²) in [7, 11) is 0. The molecule has 2 aromatic carbocycles. The molecular formula is C35H47FN2O2. The van der Waals surface area contributed by atoms with Gasteiger partial charge in [0.15, 0.2) is 11.6 Å². The summed E-state index contributed by atoms with van der Waals surface area (Å²) in [6.07, 6.45) is 19.8. The summed E-state index contributed by atoms with van der Waals surface area (Å²) in [5.41, 5.74) is 3.79. The van der Waals surface area contributed by atoms with Gasteiger partial charge in [0.05, 0.1) is 13.2 Å². The number of carbonyl (C=O) groups excluding carboxylic acids is 1. The average Bonchev–Trinajstić information content (AvgIpc) is 2.96. The number of ether oxygens (including phenoxy) is 1. The number of hydrogen-bond acceptors (Lipinski definition) is 3. The molecule has 0 saturated carbocycles. The zero-order valence-corrected chi connectivity index (χ0v) is 24.5. The fourth-order valence-corrected chi connectivity index (χ4v) is 4.98. The molecule has 0 aliphatic heterocycles. The van der Waals surface area contributed by atoms with Gasteiger partial charge in [-0.3, -0.25) is 9.78 Å². The zero-order valence-electron chi connectivity index (χ0n) is 24.5. The standard InChI is InChI=1S/C35H47FN2O2/c1-3-4-5-6-7-8-9-10-11-12-13-14-24-40-35-22-19-32(26-34(35)36)28-38(29(2)39)33-20-17-30(18-21-33)25-31-16-15-23-37-27-31/h15-23,26-27H,3-14,24-25,28H2,1-2H3. The van der Waals surface area contributed by atoms with Crippen LogP contribution in [0, 0.1) is 5.82 Å². The lowest BCUT2D eigenvalue weighted by Crippen LogP contribution is -2.27. The fourth-order valence-electron chi connectivity index (χ4n) is 4.98. The summed E-state index contributed by atoms with van der Waals surface area (Å²) < 4.78 is 20.5. The van der Waals surface area contributed by atoms with Crippen LogP contribution < -0.4 is 9.64 Å². The minimum absolute atomic E-state index is 0.0901. The number of rotatable bonds is 19. The first-order valence-corrected chi connectivity index (χ1v) is 15.2. The van der Waals surface area contributed by atoms with Crippen molar-refractivity contribution >= 4 is 11.6 Å². The second kappa shape index (κ2) is 18.2. The molecule has 0 atom stereocenters. The molecule has 0 aliphatic rings. The summed E-state index contributed by atoms with van der Waals surface area (Å²) in [6, 6.07) is 16.9. The molecule has 1 heterocycles. The Morgan fingerprint density at radius 2 is 1.43 bits per heavy atom.